The van der Waals surface area contributed by atoms with Crippen molar-refractivity contribution in [2.45, 2.75) is 32.3 Å². The standard InChI is InChI=1S/C13H15ClN2O2S2/c1-4-6-18-12(17)9-7(3)8-10(14)15-13(19-5-2)16-11(8)20-9/h4-6H2,1-3H3. The van der Waals surface area contributed by atoms with Crippen LogP contribution >= 0.6 is 34.7 Å². The summed E-state index contributed by atoms with van der Waals surface area (Å²) in [5, 5.41) is 1.79. The van der Waals surface area contributed by atoms with Crippen LogP contribution in [0.3, 0.4) is 0 Å². The van der Waals surface area contributed by atoms with Crippen LogP contribution in [0.15, 0.2) is 5.16 Å². The fourth-order valence-electron chi connectivity index (χ4n) is 1.72. The summed E-state index contributed by atoms with van der Waals surface area (Å²) < 4.78 is 5.18. The zero-order valence-corrected chi connectivity index (χ0v) is 13.9. The van der Waals surface area contributed by atoms with E-state index in [0.717, 1.165) is 28.0 Å². The third kappa shape index (κ3) is 3.07. The second kappa shape index (κ2) is 6.74. The van der Waals surface area contributed by atoms with Crippen molar-refractivity contribution in [1.82, 2.24) is 9.97 Å². The van der Waals surface area contributed by atoms with Crippen molar-refractivity contribution in [2.75, 3.05) is 12.4 Å². The SMILES string of the molecule is CCCOC(=O)c1sc2nc(SCC)nc(Cl)c2c1C. The Hall–Kier alpha value is -0.850. The molecule has 2 aromatic rings. The molecule has 0 fully saturated rings. The highest BCUT2D eigenvalue weighted by molar-refractivity contribution is 7.99. The first-order chi connectivity index (χ1) is 9.58. The van der Waals surface area contributed by atoms with Crippen molar-refractivity contribution in [2.24, 2.45) is 0 Å². The van der Waals surface area contributed by atoms with Gasteiger partial charge in [0.15, 0.2) is 5.16 Å². The Kier molecular flexibility index (Phi) is 5.23. The average molecular weight is 331 g/mol. The van der Waals surface area contributed by atoms with E-state index >= 15 is 0 Å². The number of carbonyl (C=O) groups is 1. The molecule has 7 heteroatoms. The Bertz CT molecular complexity index is 643. The summed E-state index contributed by atoms with van der Waals surface area (Å²) >= 11 is 9.05. The van der Waals surface area contributed by atoms with Gasteiger partial charge < -0.3 is 4.74 Å². The van der Waals surface area contributed by atoms with Crippen molar-refractivity contribution in [1.29, 1.82) is 0 Å². The van der Waals surface area contributed by atoms with E-state index in [4.69, 9.17) is 16.3 Å². The molecular formula is C13H15ClN2O2S2. The van der Waals surface area contributed by atoms with Gasteiger partial charge in [-0.1, -0.05) is 37.2 Å². The van der Waals surface area contributed by atoms with Crippen molar-refractivity contribution in [3.63, 3.8) is 0 Å². The molecule has 0 aliphatic heterocycles. The fourth-order valence-corrected chi connectivity index (χ4v) is 3.84. The molecule has 0 radical (unpaired) electrons. The second-order valence-electron chi connectivity index (χ2n) is 4.10. The molecule has 0 unspecified atom stereocenters. The summed E-state index contributed by atoms with van der Waals surface area (Å²) in [4.78, 5) is 22.0. The Morgan fingerprint density at radius 3 is 2.80 bits per heavy atom. The maximum absolute atomic E-state index is 12.0. The van der Waals surface area contributed by atoms with Gasteiger partial charge in [-0.25, -0.2) is 14.8 Å². The Morgan fingerprint density at radius 1 is 1.40 bits per heavy atom. The maximum Gasteiger partial charge on any atom is 0.348 e. The molecule has 0 bridgehead atoms. The number of thioether (sulfide) groups is 1. The number of carbonyl (C=O) groups excluding carboxylic acids is 1. The van der Waals surface area contributed by atoms with Crippen LogP contribution in [0, 0.1) is 6.92 Å². The molecule has 4 nitrogen and oxygen atoms in total. The first kappa shape index (κ1) is 15.5. The van der Waals surface area contributed by atoms with E-state index in [1.54, 1.807) is 0 Å². The molecule has 0 aromatic carbocycles. The normalized spacial score (nSPS) is 11.0. The lowest BCUT2D eigenvalue weighted by Crippen LogP contribution is -2.05. The van der Waals surface area contributed by atoms with Gasteiger partial charge in [0.05, 0.1) is 12.0 Å². The third-order valence-corrected chi connectivity index (χ3v) is 4.79. The molecule has 108 valence electrons. The van der Waals surface area contributed by atoms with Gasteiger partial charge in [0, 0.05) is 0 Å². The predicted octanol–water partition coefficient (Wildman–Crippen LogP) is 4.33. The van der Waals surface area contributed by atoms with Crippen LogP contribution in [-0.4, -0.2) is 28.3 Å². The number of rotatable bonds is 5. The fraction of sp³-hybridized carbons (Fsp3) is 0.462. The number of ether oxygens (including phenoxy) is 1. The van der Waals surface area contributed by atoms with Gasteiger partial charge in [0.2, 0.25) is 0 Å². The largest absolute Gasteiger partial charge is 0.462 e. The van der Waals surface area contributed by atoms with E-state index in [2.05, 4.69) is 9.97 Å². The van der Waals surface area contributed by atoms with E-state index in [-0.39, 0.29) is 5.97 Å². The zero-order chi connectivity index (χ0) is 14.7. The Balaban J connectivity index is 2.46. The number of aromatic nitrogens is 2. The molecule has 20 heavy (non-hydrogen) atoms. The smallest absolute Gasteiger partial charge is 0.348 e. The summed E-state index contributed by atoms with van der Waals surface area (Å²) in [6.45, 7) is 6.26. The lowest BCUT2D eigenvalue weighted by molar-refractivity contribution is 0.0510. The van der Waals surface area contributed by atoms with Gasteiger partial charge in [-0.3, -0.25) is 0 Å². The van der Waals surface area contributed by atoms with Gasteiger partial charge >= 0.3 is 5.97 Å². The summed E-state index contributed by atoms with van der Waals surface area (Å²) in [6.07, 6.45) is 0.799. The van der Waals surface area contributed by atoms with Crippen molar-refractivity contribution >= 4 is 50.9 Å². The molecule has 0 N–H and O–H groups in total. The number of esters is 1. The van der Waals surface area contributed by atoms with Crippen LogP contribution in [0.25, 0.3) is 10.2 Å². The van der Waals surface area contributed by atoms with E-state index in [9.17, 15) is 4.79 Å². The lowest BCUT2D eigenvalue weighted by atomic mass is 10.2. The van der Waals surface area contributed by atoms with Crippen LogP contribution in [0.1, 0.15) is 35.5 Å². The summed E-state index contributed by atoms with van der Waals surface area (Å²) in [5.74, 6) is 0.561. The third-order valence-electron chi connectivity index (χ3n) is 2.62. The van der Waals surface area contributed by atoms with Gasteiger partial charge in [-0.15, -0.1) is 11.3 Å². The maximum atomic E-state index is 12.0. The Labute approximate surface area is 130 Å². The minimum atomic E-state index is -0.312. The number of fused-ring (bicyclic) bond motifs is 1. The highest BCUT2D eigenvalue weighted by Crippen LogP contribution is 2.35. The van der Waals surface area contributed by atoms with Gasteiger partial charge in [0.25, 0.3) is 0 Å². The first-order valence-electron chi connectivity index (χ1n) is 6.35. The van der Waals surface area contributed by atoms with Crippen LogP contribution in [0.4, 0.5) is 0 Å². The van der Waals surface area contributed by atoms with Gasteiger partial charge in [-0.2, -0.15) is 0 Å². The number of hydrogen-bond donors (Lipinski definition) is 0. The molecule has 2 heterocycles. The quantitative estimate of drug-likeness (QED) is 0.353. The molecule has 2 aromatic heterocycles. The molecule has 0 aliphatic rings. The van der Waals surface area contributed by atoms with Crippen molar-refractivity contribution in [3.8, 4) is 0 Å². The summed E-state index contributed by atoms with van der Waals surface area (Å²) in [7, 11) is 0. The van der Waals surface area contributed by atoms with Crippen molar-refractivity contribution < 1.29 is 9.53 Å². The number of aryl methyl sites for hydroxylation is 1. The van der Waals surface area contributed by atoms with Crippen LogP contribution in [0.5, 0.6) is 0 Å². The average Bonchev–Trinajstić information content (AvgIpc) is 2.74. The predicted molar refractivity (Wildman–Crippen MR) is 84.1 cm³/mol. The molecule has 0 spiro atoms. The van der Waals surface area contributed by atoms with Crippen molar-refractivity contribution in [3.05, 3.63) is 15.6 Å². The molecule has 0 aliphatic carbocycles. The first-order valence-corrected chi connectivity index (χ1v) is 8.53. The van der Waals surface area contributed by atoms with E-state index in [1.165, 1.54) is 23.1 Å². The zero-order valence-electron chi connectivity index (χ0n) is 11.5. The topological polar surface area (TPSA) is 52.1 Å². The van der Waals surface area contributed by atoms with Crippen LogP contribution in [0.2, 0.25) is 5.15 Å². The highest BCUT2D eigenvalue weighted by Gasteiger charge is 2.20. The van der Waals surface area contributed by atoms with E-state index in [1.807, 2.05) is 20.8 Å². The molecule has 0 saturated heterocycles. The number of nitrogens with zero attached hydrogens (tertiary/aromatic N) is 2. The van der Waals surface area contributed by atoms with E-state index in [0.29, 0.717) is 21.8 Å². The minimum absolute atomic E-state index is 0.312. The number of halogens is 1. The van der Waals surface area contributed by atoms with Gasteiger partial charge in [0.1, 0.15) is 14.9 Å². The highest BCUT2D eigenvalue weighted by atomic mass is 35.5. The molecule has 2 rings (SSSR count). The molecule has 0 amide bonds. The monoisotopic (exact) mass is 330 g/mol. The molecular weight excluding hydrogens is 316 g/mol. The van der Waals surface area contributed by atoms with Gasteiger partial charge in [-0.05, 0) is 24.7 Å². The summed E-state index contributed by atoms with van der Waals surface area (Å²) in [5.41, 5.74) is 0.796. The molecule has 0 saturated carbocycles. The lowest BCUT2D eigenvalue weighted by Gasteiger charge is -2.01. The number of thiophene rings is 1. The number of hydrogen-bond acceptors (Lipinski definition) is 6. The van der Waals surface area contributed by atoms with E-state index < -0.39 is 0 Å². The second-order valence-corrected chi connectivity index (χ2v) is 6.69. The van der Waals surface area contributed by atoms with Crippen LogP contribution < -0.4 is 0 Å². The summed E-state index contributed by atoms with van der Waals surface area (Å²) in [6, 6.07) is 0. The Morgan fingerprint density at radius 2 is 2.15 bits per heavy atom. The minimum Gasteiger partial charge on any atom is -0.462 e. The molecule has 0 atom stereocenters. The van der Waals surface area contributed by atoms with Crippen LogP contribution in [-0.2, 0) is 4.74 Å².